The summed E-state index contributed by atoms with van der Waals surface area (Å²) < 4.78 is 0. The Hall–Kier alpha value is -1.84. The lowest BCUT2D eigenvalue weighted by Crippen LogP contribution is -2.23. The molecule has 116 valence electrons. The van der Waals surface area contributed by atoms with E-state index in [0.717, 1.165) is 36.9 Å². The fourth-order valence-corrected chi connectivity index (χ4v) is 2.44. The fourth-order valence-electron chi connectivity index (χ4n) is 2.44. The zero-order valence-electron chi connectivity index (χ0n) is 12.9. The van der Waals surface area contributed by atoms with Gasteiger partial charge in [-0.15, -0.1) is 0 Å². The number of hydrogen-bond acceptors (Lipinski definition) is 2. The predicted molar refractivity (Wildman–Crippen MR) is 84.3 cm³/mol. The van der Waals surface area contributed by atoms with Crippen molar-refractivity contribution in [1.29, 1.82) is 0 Å². The summed E-state index contributed by atoms with van der Waals surface area (Å²) in [6.07, 6.45) is 4.24. The molecular formula is C17H25NO3. The van der Waals surface area contributed by atoms with Gasteiger partial charge in [0, 0.05) is 18.0 Å². The van der Waals surface area contributed by atoms with Gasteiger partial charge in [0.05, 0.1) is 0 Å². The van der Waals surface area contributed by atoms with Crippen LogP contribution in [-0.2, 0) is 16.0 Å². The van der Waals surface area contributed by atoms with Crippen molar-refractivity contribution in [3.05, 3.63) is 29.8 Å². The zero-order valence-corrected chi connectivity index (χ0v) is 12.9. The number of aliphatic carboxylic acids is 1. The third kappa shape index (κ3) is 5.98. The molecule has 21 heavy (non-hydrogen) atoms. The predicted octanol–water partition coefficient (Wildman–Crippen LogP) is 3.86. The molecule has 0 saturated heterocycles. The summed E-state index contributed by atoms with van der Waals surface area (Å²) in [5, 5.41) is 11.8. The molecule has 0 spiro atoms. The molecule has 0 saturated carbocycles. The maximum Gasteiger partial charge on any atom is 0.303 e. The second-order valence-electron chi connectivity index (χ2n) is 5.31. The van der Waals surface area contributed by atoms with Gasteiger partial charge in [-0.25, -0.2) is 0 Å². The second-order valence-corrected chi connectivity index (χ2v) is 5.31. The number of anilines is 1. The Kier molecular flexibility index (Phi) is 7.51. The number of amides is 1. The van der Waals surface area contributed by atoms with Crippen molar-refractivity contribution < 1.29 is 14.7 Å². The Morgan fingerprint density at radius 1 is 1.14 bits per heavy atom. The first-order valence-electron chi connectivity index (χ1n) is 7.69. The molecule has 4 nitrogen and oxygen atoms in total. The van der Waals surface area contributed by atoms with Crippen molar-refractivity contribution in [2.24, 2.45) is 5.92 Å². The average molecular weight is 291 g/mol. The summed E-state index contributed by atoms with van der Waals surface area (Å²) in [6.45, 7) is 4.16. The lowest BCUT2D eigenvalue weighted by Gasteiger charge is -2.17. The number of para-hydroxylation sites is 1. The number of aryl methyl sites for hydroxylation is 1. The number of carboxylic acids is 1. The second kappa shape index (κ2) is 9.16. The first kappa shape index (κ1) is 17.2. The Morgan fingerprint density at radius 2 is 1.76 bits per heavy atom. The van der Waals surface area contributed by atoms with Crippen LogP contribution in [0.25, 0.3) is 0 Å². The van der Waals surface area contributed by atoms with Crippen LogP contribution in [-0.4, -0.2) is 17.0 Å². The first-order chi connectivity index (χ1) is 10.1. The molecule has 0 heterocycles. The smallest absolute Gasteiger partial charge is 0.303 e. The summed E-state index contributed by atoms with van der Waals surface area (Å²) >= 11 is 0. The van der Waals surface area contributed by atoms with Crippen LogP contribution in [0.1, 0.15) is 51.5 Å². The molecule has 0 aliphatic carbocycles. The standard InChI is InChI=1S/C17H25NO3/c1-3-7-14(8-4-2)17(21)18-15-10-6-5-9-13(15)11-12-16(19)20/h5-6,9-10,14H,3-4,7-8,11-12H2,1-2H3,(H,18,21)(H,19,20). The third-order valence-corrected chi connectivity index (χ3v) is 3.53. The Labute approximate surface area is 126 Å². The van der Waals surface area contributed by atoms with E-state index >= 15 is 0 Å². The summed E-state index contributed by atoms with van der Waals surface area (Å²) in [5.74, 6) is -0.750. The molecule has 4 heteroatoms. The van der Waals surface area contributed by atoms with Crippen molar-refractivity contribution in [2.45, 2.75) is 52.4 Å². The zero-order chi connectivity index (χ0) is 15.7. The Balaban J connectivity index is 2.76. The van der Waals surface area contributed by atoms with Crippen LogP contribution in [0.4, 0.5) is 5.69 Å². The number of benzene rings is 1. The lowest BCUT2D eigenvalue weighted by molar-refractivity contribution is -0.137. The van der Waals surface area contributed by atoms with Gasteiger partial charge < -0.3 is 10.4 Å². The molecule has 0 atom stereocenters. The van der Waals surface area contributed by atoms with E-state index in [1.807, 2.05) is 24.3 Å². The summed E-state index contributed by atoms with van der Waals surface area (Å²) in [7, 11) is 0. The van der Waals surface area contributed by atoms with Gasteiger partial charge in [0.15, 0.2) is 0 Å². The normalized spacial score (nSPS) is 10.6. The minimum absolute atomic E-state index is 0.0347. The number of hydrogen-bond donors (Lipinski definition) is 2. The molecule has 1 aromatic rings. The molecular weight excluding hydrogens is 266 g/mol. The van der Waals surface area contributed by atoms with Gasteiger partial charge in [0.2, 0.25) is 5.91 Å². The number of rotatable bonds is 9. The van der Waals surface area contributed by atoms with Gasteiger partial charge in [-0.1, -0.05) is 44.9 Å². The van der Waals surface area contributed by atoms with E-state index in [4.69, 9.17) is 5.11 Å². The lowest BCUT2D eigenvalue weighted by atomic mass is 9.97. The number of carbonyl (C=O) groups is 2. The van der Waals surface area contributed by atoms with Crippen LogP contribution in [0.3, 0.4) is 0 Å². The van der Waals surface area contributed by atoms with Gasteiger partial charge in [0.1, 0.15) is 0 Å². The fraction of sp³-hybridized carbons (Fsp3) is 0.529. The summed E-state index contributed by atoms with van der Waals surface area (Å²) in [5.41, 5.74) is 1.61. The molecule has 1 rings (SSSR count). The summed E-state index contributed by atoms with van der Waals surface area (Å²) in [4.78, 5) is 23.1. The highest BCUT2D eigenvalue weighted by Gasteiger charge is 2.17. The molecule has 0 radical (unpaired) electrons. The van der Waals surface area contributed by atoms with Crippen molar-refractivity contribution in [1.82, 2.24) is 0 Å². The minimum atomic E-state index is -0.828. The highest BCUT2D eigenvalue weighted by atomic mass is 16.4. The average Bonchev–Trinajstić information content (AvgIpc) is 2.46. The van der Waals surface area contributed by atoms with E-state index in [1.165, 1.54) is 0 Å². The molecule has 0 unspecified atom stereocenters. The maximum absolute atomic E-state index is 12.4. The van der Waals surface area contributed by atoms with E-state index in [-0.39, 0.29) is 18.2 Å². The first-order valence-corrected chi connectivity index (χ1v) is 7.69. The van der Waals surface area contributed by atoms with Gasteiger partial charge in [0.25, 0.3) is 0 Å². The Bertz CT molecular complexity index is 465. The van der Waals surface area contributed by atoms with Crippen LogP contribution in [0, 0.1) is 5.92 Å². The Morgan fingerprint density at radius 3 is 2.33 bits per heavy atom. The highest BCUT2D eigenvalue weighted by molar-refractivity contribution is 5.93. The third-order valence-electron chi connectivity index (χ3n) is 3.53. The quantitative estimate of drug-likeness (QED) is 0.726. The van der Waals surface area contributed by atoms with Gasteiger partial charge in [-0.05, 0) is 30.9 Å². The molecule has 0 fully saturated rings. The number of carboxylic acid groups (broad SMARTS) is 1. The minimum Gasteiger partial charge on any atom is -0.481 e. The molecule has 2 N–H and O–H groups in total. The van der Waals surface area contributed by atoms with Gasteiger partial charge in [-0.2, -0.15) is 0 Å². The largest absolute Gasteiger partial charge is 0.481 e. The van der Waals surface area contributed by atoms with E-state index in [1.54, 1.807) is 0 Å². The van der Waals surface area contributed by atoms with Crippen molar-refractivity contribution in [3.63, 3.8) is 0 Å². The molecule has 1 amide bonds. The molecule has 0 aliphatic rings. The van der Waals surface area contributed by atoms with Crippen LogP contribution in [0.5, 0.6) is 0 Å². The molecule has 0 aliphatic heterocycles. The van der Waals surface area contributed by atoms with Gasteiger partial charge >= 0.3 is 5.97 Å². The van der Waals surface area contributed by atoms with E-state index in [2.05, 4.69) is 19.2 Å². The van der Waals surface area contributed by atoms with E-state index in [0.29, 0.717) is 6.42 Å². The maximum atomic E-state index is 12.4. The van der Waals surface area contributed by atoms with Crippen LogP contribution >= 0.6 is 0 Å². The van der Waals surface area contributed by atoms with Crippen molar-refractivity contribution in [3.8, 4) is 0 Å². The molecule has 0 bridgehead atoms. The topological polar surface area (TPSA) is 66.4 Å². The summed E-state index contributed by atoms with van der Waals surface area (Å²) in [6, 6.07) is 7.42. The van der Waals surface area contributed by atoms with Crippen molar-refractivity contribution >= 4 is 17.6 Å². The monoisotopic (exact) mass is 291 g/mol. The van der Waals surface area contributed by atoms with Crippen LogP contribution in [0.2, 0.25) is 0 Å². The van der Waals surface area contributed by atoms with Crippen LogP contribution in [0.15, 0.2) is 24.3 Å². The molecule has 0 aromatic heterocycles. The molecule has 1 aromatic carbocycles. The van der Waals surface area contributed by atoms with E-state index in [9.17, 15) is 9.59 Å². The highest BCUT2D eigenvalue weighted by Crippen LogP contribution is 2.20. The van der Waals surface area contributed by atoms with Crippen molar-refractivity contribution in [2.75, 3.05) is 5.32 Å². The SMILES string of the molecule is CCCC(CCC)C(=O)Nc1ccccc1CCC(=O)O. The number of carbonyl (C=O) groups excluding carboxylic acids is 1. The number of nitrogens with one attached hydrogen (secondary N) is 1. The van der Waals surface area contributed by atoms with Gasteiger partial charge in [-0.3, -0.25) is 9.59 Å². The van der Waals surface area contributed by atoms with Crippen LogP contribution < -0.4 is 5.32 Å². The van der Waals surface area contributed by atoms with E-state index < -0.39 is 5.97 Å².